The predicted octanol–water partition coefficient (Wildman–Crippen LogP) is 2.45. The van der Waals surface area contributed by atoms with E-state index in [1.165, 1.54) is 4.90 Å². The van der Waals surface area contributed by atoms with E-state index in [9.17, 15) is 0 Å². The van der Waals surface area contributed by atoms with E-state index in [1.54, 1.807) is 18.0 Å². The Morgan fingerprint density at radius 3 is 2.65 bits per heavy atom. The lowest BCUT2D eigenvalue weighted by Gasteiger charge is -2.13. The zero-order chi connectivity index (χ0) is 11.9. The quantitative estimate of drug-likeness (QED) is 0.468. The normalized spacial score (nSPS) is 12.5. The number of hydrogen-bond acceptors (Lipinski definition) is 4. The van der Waals surface area contributed by atoms with E-state index < -0.39 is 0 Å². The summed E-state index contributed by atoms with van der Waals surface area (Å²) < 4.78 is 5.31. The van der Waals surface area contributed by atoms with Crippen LogP contribution in [0.2, 0.25) is 0 Å². The minimum atomic E-state index is 0.214. The first kappa shape index (κ1) is 12.2. The Morgan fingerprint density at radius 1 is 1.18 bits per heavy atom. The van der Waals surface area contributed by atoms with Gasteiger partial charge in [0.25, 0.3) is 0 Å². The lowest BCUT2D eigenvalue weighted by molar-refractivity contribution is 0.465. The van der Waals surface area contributed by atoms with Crippen molar-refractivity contribution in [2.45, 2.75) is 17.4 Å². The molecule has 1 aromatic carbocycles. The van der Waals surface area contributed by atoms with E-state index in [0.29, 0.717) is 0 Å². The zero-order valence-corrected chi connectivity index (χ0v) is 10.3. The minimum absolute atomic E-state index is 0.214. The van der Waals surface area contributed by atoms with Crippen LogP contribution in [0, 0.1) is 0 Å². The van der Waals surface area contributed by atoms with E-state index in [4.69, 9.17) is 10.3 Å². The Bertz CT molecular complexity index is 416. The number of hydrogen-bond donors (Lipinski definition) is 2. The minimum Gasteiger partial charge on any atom is -0.469 e. The maximum atomic E-state index is 5.55. The second-order valence-corrected chi connectivity index (χ2v) is 4.86. The molecule has 1 atom stereocenters. The standard InChI is InChI=1S/C13H16N2OS/c14-15-11(9-12-5-4-8-16-12)10-17-13-6-2-1-3-7-13/h1-8,11,15H,9-10,14H2. The first-order valence-electron chi connectivity index (χ1n) is 5.55. The van der Waals surface area contributed by atoms with Crippen molar-refractivity contribution in [3.05, 3.63) is 54.5 Å². The fraction of sp³-hybridized carbons (Fsp3) is 0.231. The van der Waals surface area contributed by atoms with Crippen molar-refractivity contribution in [1.29, 1.82) is 0 Å². The van der Waals surface area contributed by atoms with Gasteiger partial charge in [-0.15, -0.1) is 11.8 Å². The van der Waals surface area contributed by atoms with E-state index in [2.05, 4.69) is 17.6 Å². The Labute approximate surface area is 105 Å². The third kappa shape index (κ3) is 3.93. The molecule has 1 heterocycles. The summed E-state index contributed by atoms with van der Waals surface area (Å²) in [7, 11) is 0. The van der Waals surface area contributed by atoms with Crippen molar-refractivity contribution >= 4 is 11.8 Å². The first-order valence-corrected chi connectivity index (χ1v) is 6.53. The topological polar surface area (TPSA) is 51.2 Å². The molecule has 0 saturated carbocycles. The average molecular weight is 248 g/mol. The SMILES string of the molecule is NNC(CSc1ccccc1)Cc1ccco1. The van der Waals surface area contributed by atoms with Crippen LogP contribution in [-0.4, -0.2) is 11.8 Å². The Balaban J connectivity index is 1.84. The highest BCUT2D eigenvalue weighted by atomic mass is 32.2. The van der Waals surface area contributed by atoms with Gasteiger partial charge in [0.15, 0.2) is 0 Å². The molecule has 17 heavy (non-hydrogen) atoms. The zero-order valence-electron chi connectivity index (χ0n) is 9.50. The molecule has 90 valence electrons. The highest BCUT2D eigenvalue weighted by Gasteiger charge is 2.09. The Morgan fingerprint density at radius 2 is 2.00 bits per heavy atom. The lowest BCUT2D eigenvalue weighted by atomic mass is 10.2. The molecule has 1 aromatic heterocycles. The van der Waals surface area contributed by atoms with Gasteiger partial charge in [0.1, 0.15) is 5.76 Å². The maximum absolute atomic E-state index is 5.55. The highest BCUT2D eigenvalue weighted by Crippen LogP contribution is 2.19. The molecule has 2 aromatic rings. The van der Waals surface area contributed by atoms with Crippen LogP contribution in [0.3, 0.4) is 0 Å². The molecule has 0 spiro atoms. The number of rotatable bonds is 6. The van der Waals surface area contributed by atoms with Crippen LogP contribution in [0.1, 0.15) is 5.76 Å². The van der Waals surface area contributed by atoms with Crippen LogP contribution in [-0.2, 0) is 6.42 Å². The van der Waals surface area contributed by atoms with Gasteiger partial charge in [-0.1, -0.05) is 18.2 Å². The van der Waals surface area contributed by atoms with Gasteiger partial charge in [0.05, 0.1) is 6.26 Å². The summed E-state index contributed by atoms with van der Waals surface area (Å²) in [6.07, 6.45) is 2.50. The van der Waals surface area contributed by atoms with Gasteiger partial charge >= 0.3 is 0 Å². The molecule has 0 bridgehead atoms. The van der Waals surface area contributed by atoms with E-state index in [1.807, 2.05) is 30.3 Å². The molecule has 0 aliphatic carbocycles. The molecule has 0 saturated heterocycles. The smallest absolute Gasteiger partial charge is 0.105 e. The molecule has 0 fully saturated rings. The van der Waals surface area contributed by atoms with Gasteiger partial charge < -0.3 is 4.42 Å². The van der Waals surface area contributed by atoms with Crippen molar-refractivity contribution in [3.8, 4) is 0 Å². The molecule has 2 rings (SSSR count). The molecule has 3 nitrogen and oxygen atoms in total. The van der Waals surface area contributed by atoms with Crippen LogP contribution < -0.4 is 11.3 Å². The van der Waals surface area contributed by atoms with E-state index >= 15 is 0 Å². The molecular weight excluding hydrogens is 232 g/mol. The Kier molecular flexibility index (Phi) is 4.67. The maximum Gasteiger partial charge on any atom is 0.105 e. The lowest BCUT2D eigenvalue weighted by Crippen LogP contribution is -2.38. The van der Waals surface area contributed by atoms with Crippen molar-refractivity contribution < 1.29 is 4.42 Å². The predicted molar refractivity (Wildman–Crippen MR) is 70.7 cm³/mol. The van der Waals surface area contributed by atoms with E-state index in [0.717, 1.165) is 17.9 Å². The average Bonchev–Trinajstić information content (AvgIpc) is 2.88. The second kappa shape index (κ2) is 6.49. The van der Waals surface area contributed by atoms with Crippen molar-refractivity contribution in [1.82, 2.24) is 5.43 Å². The number of benzene rings is 1. The summed E-state index contributed by atoms with van der Waals surface area (Å²) in [4.78, 5) is 1.26. The fourth-order valence-corrected chi connectivity index (χ4v) is 2.51. The first-order chi connectivity index (χ1) is 8.38. The van der Waals surface area contributed by atoms with Gasteiger partial charge in [-0.05, 0) is 24.3 Å². The number of furan rings is 1. The summed E-state index contributed by atoms with van der Waals surface area (Å²) in [5.74, 6) is 7.43. The van der Waals surface area contributed by atoms with Crippen molar-refractivity contribution in [3.63, 3.8) is 0 Å². The van der Waals surface area contributed by atoms with Crippen molar-refractivity contribution in [2.24, 2.45) is 5.84 Å². The van der Waals surface area contributed by atoms with Gasteiger partial charge in [-0.3, -0.25) is 11.3 Å². The van der Waals surface area contributed by atoms with Crippen LogP contribution in [0.25, 0.3) is 0 Å². The molecule has 4 heteroatoms. The third-order valence-electron chi connectivity index (χ3n) is 2.46. The second-order valence-electron chi connectivity index (χ2n) is 3.77. The Hall–Kier alpha value is -1.23. The van der Waals surface area contributed by atoms with Crippen LogP contribution in [0.4, 0.5) is 0 Å². The monoisotopic (exact) mass is 248 g/mol. The van der Waals surface area contributed by atoms with Crippen LogP contribution in [0.5, 0.6) is 0 Å². The largest absolute Gasteiger partial charge is 0.469 e. The molecule has 3 N–H and O–H groups in total. The molecule has 0 aliphatic heterocycles. The summed E-state index contributed by atoms with van der Waals surface area (Å²) in [6.45, 7) is 0. The van der Waals surface area contributed by atoms with Crippen molar-refractivity contribution in [2.75, 3.05) is 5.75 Å². The number of hydrazine groups is 1. The molecular formula is C13H16N2OS. The van der Waals surface area contributed by atoms with Crippen LogP contribution >= 0.6 is 11.8 Å². The van der Waals surface area contributed by atoms with Gasteiger partial charge in [0, 0.05) is 23.1 Å². The molecule has 1 unspecified atom stereocenters. The molecule has 0 amide bonds. The van der Waals surface area contributed by atoms with Gasteiger partial charge in [0.2, 0.25) is 0 Å². The summed E-state index contributed by atoms with van der Waals surface area (Å²) >= 11 is 1.79. The van der Waals surface area contributed by atoms with E-state index in [-0.39, 0.29) is 6.04 Å². The molecule has 0 radical (unpaired) electrons. The number of thioether (sulfide) groups is 1. The fourth-order valence-electron chi connectivity index (χ4n) is 1.55. The van der Waals surface area contributed by atoms with Crippen LogP contribution in [0.15, 0.2) is 58.0 Å². The molecule has 0 aliphatic rings. The number of nitrogens with one attached hydrogen (secondary N) is 1. The number of nitrogens with two attached hydrogens (primary N) is 1. The third-order valence-corrected chi connectivity index (χ3v) is 3.63. The van der Waals surface area contributed by atoms with Gasteiger partial charge in [-0.2, -0.15) is 0 Å². The summed E-state index contributed by atoms with van der Waals surface area (Å²) in [5, 5.41) is 0. The summed E-state index contributed by atoms with van der Waals surface area (Å²) in [5.41, 5.74) is 2.83. The highest BCUT2D eigenvalue weighted by molar-refractivity contribution is 7.99. The summed E-state index contributed by atoms with van der Waals surface area (Å²) in [6, 6.07) is 14.4. The van der Waals surface area contributed by atoms with Gasteiger partial charge in [-0.25, -0.2) is 0 Å².